The normalized spacial score (nSPS) is 18.6. The molecule has 138 valence electrons. The maximum atomic E-state index is 12.7. The third-order valence-electron chi connectivity index (χ3n) is 4.88. The van der Waals surface area contributed by atoms with Crippen molar-refractivity contribution in [3.05, 3.63) is 24.3 Å². The summed E-state index contributed by atoms with van der Waals surface area (Å²) in [7, 11) is 3.36. The van der Waals surface area contributed by atoms with Crippen LogP contribution in [0.4, 0.5) is 5.69 Å². The predicted molar refractivity (Wildman–Crippen MR) is 98.5 cm³/mol. The molecule has 0 saturated carbocycles. The van der Waals surface area contributed by atoms with Crippen molar-refractivity contribution in [1.82, 2.24) is 4.90 Å². The molecule has 1 heterocycles. The maximum absolute atomic E-state index is 12.7. The Hall–Kier alpha value is -2.08. The molecule has 0 radical (unpaired) electrons. The summed E-state index contributed by atoms with van der Waals surface area (Å²) < 4.78 is 5.33. The third kappa shape index (κ3) is 4.51. The smallest absolute Gasteiger partial charge is 0.227 e. The predicted octanol–water partition coefficient (Wildman–Crippen LogP) is 1.88. The molecule has 1 aromatic carbocycles. The van der Waals surface area contributed by atoms with Gasteiger partial charge in [-0.05, 0) is 24.5 Å². The van der Waals surface area contributed by atoms with Gasteiger partial charge in [-0.1, -0.05) is 26.0 Å². The van der Waals surface area contributed by atoms with Gasteiger partial charge in [0.1, 0.15) is 5.75 Å². The molecule has 2 unspecified atom stereocenters. The number of para-hydroxylation sites is 2. The number of hydrogen-bond acceptors (Lipinski definition) is 4. The SMILES string of the molecule is COc1ccccc1N1CC(C(=O)N(C)CCC(N)C(C)C)CC1=O. The number of hydrogen-bond donors (Lipinski definition) is 1. The molecule has 6 heteroatoms. The molecule has 1 saturated heterocycles. The molecular formula is C19H29N3O3. The number of methoxy groups -OCH3 is 1. The van der Waals surface area contributed by atoms with Gasteiger partial charge in [-0.15, -0.1) is 0 Å². The fourth-order valence-corrected chi connectivity index (χ4v) is 3.06. The molecule has 1 fully saturated rings. The molecule has 1 aromatic rings. The number of amides is 2. The van der Waals surface area contributed by atoms with Crippen molar-refractivity contribution in [2.45, 2.75) is 32.7 Å². The second-order valence-corrected chi connectivity index (χ2v) is 7.03. The van der Waals surface area contributed by atoms with E-state index in [1.165, 1.54) is 0 Å². The number of rotatable bonds is 7. The van der Waals surface area contributed by atoms with Crippen LogP contribution in [0.1, 0.15) is 26.7 Å². The largest absolute Gasteiger partial charge is 0.495 e. The summed E-state index contributed by atoms with van der Waals surface area (Å²) in [5, 5.41) is 0. The zero-order valence-corrected chi connectivity index (χ0v) is 15.6. The molecule has 6 nitrogen and oxygen atoms in total. The first-order chi connectivity index (χ1) is 11.8. The number of carbonyl (C=O) groups is 2. The Morgan fingerprint density at radius 2 is 2.08 bits per heavy atom. The molecular weight excluding hydrogens is 318 g/mol. The van der Waals surface area contributed by atoms with E-state index < -0.39 is 0 Å². The van der Waals surface area contributed by atoms with Crippen molar-refractivity contribution < 1.29 is 14.3 Å². The highest BCUT2D eigenvalue weighted by Gasteiger charge is 2.37. The van der Waals surface area contributed by atoms with Gasteiger partial charge in [0.2, 0.25) is 11.8 Å². The lowest BCUT2D eigenvalue weighted by atomic mass is 10.0. The second kappa shape index (κ2) is 8.34. The van der Waals surface area contributed by atoms with E-state index in [9.17, 15) is 9.59 Å². The van der Waals surface area contributed by atoms with Crippen LogP contribution in [0.5, 0.6) is 5.75 Å². The summed E-state index contributed by atoms with van der Waals surface area (Å²) >= 11 is 0. The zero-order chi connectivity index (χ0) is 18.6. The van der Waals surface area contributed by atoms with Crippen LogP contribution >= 0.6 is 0 Å². The van der Waals surface area contributed by atoms with Gasteiger partial charge in [-0.25, -0.2) is 0 Å². The second-order valence-electron chi connectivity index (χ2n) is 7.03. The van der Waals surface area contributed by atoms with Crippen LogP contribution in [-0.2, 0) is 9.59 Å². The lowest BCUT2D eigenvalue weighted by Gasteiger charge is -2.24. The topological polar surface area (TPSA) is 75.9 Å². The molecule has 25 heavy (non-hydrogen) atoms. The monoisotopic (exact) mass is 347 g/mol. The fraction of sp³-hybridized carbons (Fsp3) is 0.579. The molecule has 2 rings (SSSR count). The number of benzene rings is 1. The summed E-state index contributed by atoms with van der Waals surface area (Å²) in [6.07, 6.45) is 0.994. The maximum Gasteiger partial charge on any atom is 0.227 e. The summed E-state index contributed by atoms with van der Waals surface area (Å²) in [6.45, 7) is 5.15. The van der Waals surface area contributed by atoms with E-state index in [-0.39, 0.29) is 30.2 Å². The highest BCUT2D eigenvalue weighted by molar-refractivity contribution is 6.01. The first-order valence-electron chi connectivity index (χ1n) is 8.79. The van der Waals surface area contributed by atoms with Crippen LogP contribution in [-0.4, -0.2) is 50.0 Å². The van der Waals surface area contributed by atoms with Gasteiger partial charge >= 0.3 is 0 Å². The quantitative estimate of drug-likeness (QED) is 0.817. The first kappa shape index (κ1) is 19.2. The lowest BCUT2D eigenvalue weighted by molar-refractivity contribution is -0.134. The van der Waals surface area contributed by atoms with E-state index in [1.807, 2.05) is 24.3 Å². The number of nitrogens with two attached hydrogens (primary N) is 1. The molecule has 0 aromatic heterocycles. The van der Waals surface area contributed by atoms with E-state index in [0.29, 0.717) is 24.8 Å². The summed E-state index contributed by atoms with van der Waals surface area (Å²) in [5.74, 6) is 0.660. The van der Waals surface area contributed by atoms with Crippen LogP contribution in [0.2, 0.25) is 0 Å². The van der Waals surface area contributed by atoms with Crippen molar-refractivity contribution >= 4 is 17.5 Å². The summed E-state index contributed by atoms with van der Waals surface area (Å²) in [5.41, 5.74) is 6.77. The minimum absolute atomic E-state index is 0.00158. The van der Waals surface area contributed by atoms with Crippen LogP contribution < -0.4 is 15.4 Å². The third-order valence-corrected chi connectivity index (χ3v) is 4.88. The Morgan fingerprint density at radius 3 is 2.72 bits per heavy atom. The number of carbonyl (C=O) groups excluding carboxylic acids is 2. The van der Waals surface area contributed by atoms with E-state index in [0.717, 1.165) is 12.1 Å². The average molecular weight is 347 g/mol. The Morgan fingerprint density at radius 1 is 1.40 bits per heavy atom. The lowest BCUT2D eigenvalue weighted by Crippen LogP contribution is -2.38. The fourth-order valence-electron chi connectivity index (χ4n) is 3.06. The van der Waals surface area contributed by atoms with Crippen molar-refractivity contribution in [1.29, 1.82) is 0 Å². The average Bonchev–Trinajstić information content (AvgIpc) is 2.99. The van der Waals surface area contributed by atoms with Gasteiger partial charge in [-0.2, -0.15) is 0 Å². The standard InChI is InChI=1S/C19H29N3O3/c1-13(2)15(20)9-10-21(3)19(24)14-11-18(23)22(12-14)16-7-5-6-8-17(16)25-4/h5-8,13-15H,9-12,20H2,1-4H3. The summed E-state index contributed by atoms with van der Waals surface area (Å²) in [4.78, 5) is 28.4. The Balaban J connectivity index is 2.00. The van der Waals surface area contributed by atoms with Crippen molar-refractivity contribution in [3.8, 4) is 5.75 Å². The van der Waals surface area contributed by atoms with Gasteiger partial charge in [0.05, 0.1) is 18.7 Å². The van der Waals surface area contributed by atoms with Crippen LogP contribution in [0.3, 0.4) is 0 Å². The van der Waals surface area contributed by atoms with Crippen LogP contribution in [0.25, 0.3) is 0 Å². The van der Waals surface area contributed by atoms with E-state index in [1.54, 1.807) is 24.0 Å². The molecule has 0 bridgehead atoms. The van der Waals surface area contributed by atoms with E-state index in [4.69, 9.17) is 10.5 Å². The molecule has 0 aliphatic carbocycles. The van der Waals surface area contributed by atoms with Crippen LogP contribution in [0, 0.1) is 11.8 Å². The first-order valence-corrected chi connectivity index (χ1v) is 8.79. The number of anilines is 1. The number of ether oxygens (including phenoxy) is 1. The van der Waals surface area contributed by atoms with Crippen LogP contribution in [0.15, 0.2) is 24.3 Å². The van der Waals surface area contributed by atoms with Crippen molar-refractivity contribution in [2.75, 3.05) is 32.1 Å². The summed E-state index contributed by atoms with van der Waals surface area (Å²) in [6, 6.07) is 7.45. The van der Waals surface area contributed by atoms with Gasteiger partial charge in [0, 0.05) is 32.6 Å². The minimum Gasteiger partial charge on any atom is -0.495 e. The zero-order valence-electron chi connectivity index (χ0n) is 15.6. The molecule has 2 atom stereocenters. The molecule has 1 aliphatic rings. The molecule has 1 aliphatic heterocycles. The van der Waals surface area contributed by atoms with Gasteiger partial charge in [0.15, 0.2) is 0 Å². The van der Waals surface area contributed by atoms with Gasteiger partial charge in [0.25, 0.3) is 0 Å². The van der Waals surface area contributed by atoms with E-state index >= 15 is 0 Å². The van der Waals surface area contributed by atoms with Crippen molar-refractivity contribution in [3.63, 3.8) is 0 Å². The Labute approximate surface area is 149 Å². The Kier molecular flexibility index (Phi) is 6.42. The van der Waals surface area contributed by atoms with Gasteiger partial charge in [-0.3, -0.25) is 9.59 Å². The number of nitrogens with zero attached hydrogens (tertiary/aromatic N) is 2. The highest BCUT2D eigenvalue weighted by Crippen LogP contribution is 2.33. The molecule has 0 spiro atoms. The minimum atomic E-state index is -0.322. The van der Waals surface area contributed by atoms with Crippen molar-refractivity contribution in [2.24, 2.45) is 17.6 Å². The van der Waals surface area contributed by atoms with E-state index in [2.05, 4.69) is 13.8 Å². The molecule has 2 N–H and O–H groups in total. The highest BCUT2D eigenvalue weighted by atomic mass is 16.5. The Bertz CT molecular complexity index is 618. The van der Waals surface area contributed by atoms with Gasteiger partial charge < -0.3 is 20.3 Å². The molecule has 2 amide bonds.